The number of aryl methyl sites for hydroxylation is 2. The molecule has 2 aromatic heterocycles. The van der Waals surface area contributed by atoms with E-state index in [0.717, 1.165) is 0 Å². The summed E-state index contributed by atoms with van der Waals surface area (Å²) >= 11 is 0. The highest BCUT2D eigenvalue weighted by Crippen LogP contribution is 2.27. The molecule has 0 fully saturated rings. The Balaban J connectivity index is 2.42. The highest BCUT2D eigenvalue weighted by atomic mass is 16.6. The topological polar surface area (TPSA) is 98.8 Å². The van der Waals surface area contributed by atoms with Gasteiger partial charge in [-0.1, -0.05) is 0 Å². The molecular formula is C10H6N4O3. The minimum Gasteiger partial charge on any atom is -0.287 e. The predicted molar refractivity (Wildman–Crippen MR) is 52.7 cm³/mol. The molecule has 2 heterocycles. The van der Waals surface area contributed by atoms with Gasteiger partial charge in [0.25, 0.3) is 0 Å². The quantitative estimate of drug-likeness (QED) is 0.545. The number of fused-ring (bicyclic) bond motifs is 2. The summed E-state index contributed by atoms with van der Waals surface area (Å²) in [5.41, 5.74) is 1.17. The van der Waals surface area contributed by atoms with Gasteiger partial charge in [0.15, 0.2) is 11.4 Å². The molecule has 0 aliphatic heterocycles. The highest BCUT2D eigenvalue weighted by molar-refractivity contribution is 6.27. The van der Waals surface area contributed by atoms with Crippen LogP contribution in [0.1, 0.15) is 43.5 Å². The maximum absolute atomic E-state index is 12.1. The van der Waals surface area contributed by atoms with E-state index in [2.05, 4.69) is 25.1 Å². The van der Waals surface area contributed by atoms with Crippen molar-refractivity contribution in [1.29, 1.82) is 0 Å². The van der Waals surface area contributed by atoms with Crippen molar-refractivity contribution in [2.45, 2.75) is 13.8 Å². The zero-order chi connectivity index (χ0) is 12.2. The molecule has 0 radical (unpaired) electrons. The molecule has 7 nitrogen and oxygen atoms in total. The monoisotopic (exact) mass is 230 g/mol. The van der Waals surface area contributed by atoms with Crippen LogP contribution in [-0.4, -0.2) is 32.1 Å². The smallest absolute Gasteiger partial charge is 0.220 e. The molecule has 0 atom stereocenters. The molecule has 17 heavy (non-hydrogen) atoms. The fourth-order valence-corrected chi connectivity index (χ4v) is 1.89. The van der Waals surface area contributed by atoms with Crippen molar-refractivity contribution >= 4 is 11.6 Å². The minimum absolute atomic E-state index is 0.0574. The summed E-state index contributed by atoms with van der Waals surface area (Å²) in [4.78, 5) is 24.2. The summed E-state index contributed by atoms with van der Waals surface area (Å²) in [5.74, 6) is -0.794. The fraction of sp³-hybridized carbons (Fsp3) is 0.200. The number of ketones is 2. The zero-order valence-electron chi connectivity index (χ0n) is 9.01. The average Bonchev–Trinajstić information content (AvgIpc) is 2.78. The van der Waals surface area contributed by atoms with E-state index in [0.29, 0.717) is 11.4 Å². The molecule has 0 saturated heterocycles. The first-order chi connectivity index (χ1) is 8.11. The lowest BCUT2D eigenvalue weighted by Gasteiger charge is -2.13. The van der Waals surface area contributed by atoms with Crippen LogP contribution in [0.25, 0.3) is 0 Å². The van der Waals surface area contributed by atoms with E-state index in [9.17, 15) is 9.59 Å². The van der Waals surface area contributed by atoms with Crippen LogP contribution >= 0.6 is 0 Å². The third kappa shape index (κ3) is 1.10. The molecule has 1 aliphatic carbocycles. The molecule has 0 amide bonds. The molecule has 1 aliphatic rings. The first kappa shape index (κ1) is 9.76. The third-order valence-electron chi connectivity index (χ3n) is 2.70. The van der Waals surface area contributed by atoms with Crippen molar-refractivity contribution in [3.8, 4) is 0 Å². The lowest BCUT2D eigenvalue weighted by atomic mass is 9.89. The molecule has 0 N–H and O–H groups in total. The average molecular weight is 230 g/mol. The van der Waals surface area contributed by atoms with E-state index < -0.39 is 11.6 Å². The van der Waals surface area contributed by atoms with E-state index in [1.54, 1.807) is 13.8 Å². The van der Waals surface area contributed by atoms with Crippen LogP contribution in [0.5, 0.6) is 0 Å². The maximum Gasteiger partial charge on any atom is 0.220 e. The van der Waals surface area contributed by atoms with Crippen molar-refractivity contribution in [2.24, 2.45) is 0 Å². The van der Waals surface area contributed by atoms with Crippen molar-refractivity contribution in [2.75, 3.05) is 0 Å². The van der Waals surface area contributed by atoms with E-state index in [4.69, 9.17) is 0 Å². The Kier molecular flexibility index (Phi) is 1.74. The Morgan fingerprint density at radius 3 is 1.65 bits per heavy atom. The molecule has 0 saturated carbocycles. The van der Waals surface area contributed by atoms with Gasteiger partial charge in [-0.05, 0) is 24.2 Å². The van der Waals surface area contributed by atoms with E-state index in [1.807, 2.05) is 0 Å². The van der Waals surface area contributed by atoms with Crippen LogP contribution in [-0.2, 0) is 0 Å². The molecule has 2 aromatic rings. The van der Waals surface area contributed by atoms with E-state index in [1.165, 1.54) is 0 Å². The van der Waals surface area contributed by atoms with Crippen molar-refractivity contribution in [3.05, 3.63) is 33.9 Å². The molecule has 84 valence electrons. The molecule has 0 bridgehead atoms. The molecule has 7 heteroatoms. The number of aromatic nitrogens is 4. The summed E-state index contributed by atoms with van der Waals surface area (Å²) in [7, 11) is 0. The molecule has 3 rings (SSSR count). The van der Waals surface area contributed by atoms with Gasteiger partial charge in [0.05, 0.1) is 22.5 Å². The Bertz CT molecular complexity index is 619. The Hall–Kier alpha value is -2.44. The van der Waals surface area contributed by atoms with Crippen LogP contribution in [0, 0.1) is 13.8 Å². The van der Waals surface area contributed by atoms with Crippen LogP contribution in [0.2, 0.25) is 0 Å². The van der Waals surface area contributed by atoms with Crippen molar-refractivity contribution < 1.29 is 14.2 Å². The van der Waals surface area contributed by atoms with Gasteiger partial charge >= 0.3 is 0 Å². The number of carbonyl (C=O) groups excluding carboxylic acids is 2. The van der Waals surface area contributed by atoms with Crippen LogP contribution in [0.15, 0.2) is 4.63 Å². The van der Waals surface area contributed by atoms with Crippen molar-refractivity contribution in [1.82, 2.24) is 20.5 Å². The van der Waals surface area contributed by atoms with Crippen molar-refractivity contribution in [3.63, 3.8) is 0 Å². The predicted octanol–water partition coefficient (Wildman–Crippen LogP) is 0.252. The van der Waals surface area contributed by atoms with Crippen LogP contribution < -0.4 is 0 Å². The van der Waals surface area contributed by atoms with Gasteiger partial charge in [0.2, 0.25) is 11.6 Å². The Labute approximate surface area is 94.8 Å². The zero-order valence-corrected chi connectivity index (χ0v) is 9.01. The first-order valence-corrected chi connectivity index (χ1v) is 4.87. The second-order valence-corrected chi connectivity index (χ2v) is 3.74. The van der Waals surface area contributed by atoms with E-state index in [-0.39, 0.29) is 22.5 Å². The number of carbonyl (C=O) groups is 2. The standard InChI is InChI=1S/C10H6N4O3/c1-3-5-6(4(2)12-11-3)10(16)8-7(9(5)15)13-17-14-8/h1-2H3. The van der Waals surface area contributed by atoms with Gasteiger partial charge in [-0.15, -0.1) is 0 Å². The summed E-state index contributed by atoms with van der Waals surface area (Å²) in [6, 6.07) is 0. The molecular weight excluding hydrogens is 224 g/mol. The maximum atomic E-state index is 12.1. The summed E-state index contributed by atoms with van der Waals surface area (Å²) < 4.78 is 4.44. The largest absolute Gasteiger partial charge is 0.287 e. The van der Waals surface area contributed by atoms with Crippen LogP contribution in [0.3, 0.4) is 0 Å². The number of nitrogens with zero attached hydrogens (tertiary/aromatic N) is 4. The Morgan fingerprint density at radius 1 is 0.824 bits per heavy atom. The SMILES string of the molecule is Cc1nnc(C)c2c1C(=O)c1nonc1C2=O. The van der Waals surface area contributed by atoms with Gasteiger partial charge in [0.1, 0.15) is 0 Å². The summed E-state index contributed by atoms with van der Waals surface area (Å²) in [5, 5.41) is 14.6. The number of hydrogen-bond donors (Lipinski definition) is 0. The lowest BCUT2D eigenvalue weighted by molar-refractivity contribution is 0.0971. The minimum atomic E-state index is -0.397. The fourth-order valence-electron chi connectivity index (χ4n) is 1.89. The van der Waals surface area contributed by atoms with Crippen LogP contribution in [0.4, 0.5) is 0 Å². The van der Waals surface area contributed by atoms with Gasteiger partial charge in [-0.2, -0.15) is 10.2 Å². The van der Waals surface area contributed by atoms with Gasteiger partial charge < -0.3 is 0 Å². The number of rotatable bonds is 0. The van der Waals surface area contributed by atoms with Gasteiger partial charge in [-0.3, -0.25) is 9.59 Å². The number of hydrogen-bond acceptors (Lipinski definition) is 7. The Morgan fingerprint density at radius 2 is 1.24 bits per heavy atom. The summed E-state index contributed by atoms with van der Waals surface area (Å²) in [6.45, 7) is 3.24. The molecule has 0 aromatic carbocycles. The first-order valence-electron chi connectivity index (χ1n) is 4.87. The highest BCUT2D eigenvalue weighted by Gasteiger charge is 2.37. The van der Waals surface area contributed by atoms with E-state index >= 15 is 0 Å². The lowest BCUT2D eigenvalue weighted by Crippen LogP contribution is -2.24. The molecule has 0 spiro atoms. The third-order valence-corrected chi connectivity index (χ3v) is 2.70. The molecule has 0 unspecified atom stereocenters. The van der Waals surface area contributed by atoms with Gasteiger partial charge in [-0.25, -0.2) is 4.63 Å². The second kappa shape index (κ2) is 3.03. The summed E-state index contributed by atoms with van der Waals surface area (Å²) in [6.07, 6.45) is 0. The normalized spacial score (nSPS) is 13.5. The second-order valence-electron chi connectivity index (χ2n) is 3.74. The van der Waals surface area contributed by atoms with Gasteiger partial charge in [0, 0.05) is 0 Å².